The number of nitrogens with one attached hydrogen (secondary N) is 1. The number of benzene rings is 1. The van der Waals surface area contributed by atoms with Crippen LogP contribution in [0, 0.1) is 0 Å². The Morgan fingerprint density at radius 1 is 1.28 bits per heavy atom. The Labute approximate surface area is 109 Å². The van der Waals surface area contributed by atoms with Crippen LogP contribution < -0.4 is 5.32 Å². The fourth-order valence-electron chi connectivity index (χ4n) is 1.88. The lowest BCUT2D eigenvalue weighted by Gasteiger charge is -2.15. The molecule has 1 aliphatic heterocycles. The molecule has 0 radical (unpaired) electrons. The van der Waals surface area contributed by atoms with Crippen molar-refractivity contribution < 1.29 is 4.74 Å². The van der Waals surface area contributed by atoms with Gasteiger partial charge in [-0.05, 0) is 18.1 Å². The third kappa shape index (κ3) is 3.47. The van der Waals surface area contributed by atoms with Crippen LogP contribution >= 0.6 is 0 Å². The van der Waals surface area contributed by atoms with Crippen molar-refractivity contribution >= 4 is 5.96 Å². The summed E-state index contributed by atoms with van der Waals surface area (Å²) in [5, 5.41) is 3.35. The number of guanidine groups is 1. The minimum atomic E-state index is 0.694. The highest BCUT2D eigenvalue weighted by molar-refractivity contribution is 5.81. The van der Waals surface area contributed by atoms with Gasteiger partial charge in [0.05, 0.1) is 13.2 Å². The zero-order chi connectivity index (χ0) is 12.8. The van der Waals surface area contributed by atoms with Crippen molar-refractivity contribution in [1.82, 2.24) is 10.2 Å². The molecule has 1 N–H and O–H groups in total. The summed E-state index contributed by atoms with van der Waals surface area (Å²) in [7, 11) is 2.06. The van der Waals surface area contributed by atoms with Gasteiger partial charge in [0.2, 0.25) is 0 Å². The van der Waals surface area contributed by atoms with E-state index in [1.165, 1.54) is 11.1 Å². The fourth-order valence-corrected chi connectivity index (χ4v) is 1.88. The van der Waals surface area contributed by atoms with Gasteiger partial charge < -0.3 is 15.0 Å². The standard InChI is InChI=1S/C14H21N3O/c1-3-18-11-13-6-4-12(5-7-13)10-16-14-15-8-9-17(14)2/h4-7H,3,8-11H2,1-2H3,(H,15,16). The monoisotopic (exact) mass is 247 g/mol. The van der Waals surface area contributed by atoms with Crippen LogP contribution in [0.5, 0.6) is 0 Å². The maximum atomic E-state index is 5.37. The second-order valence-corrected chi connectivity index (χ2v) is 4.43. The molecule has 18 heavy (non-hydrogen) atoms. The van der Waals surface area contributed by atoms with Gasteiger partial charge in [-0.2, -0.15) is 0 Å². The van der Waals surface area contributed by atoms with Crippen molar-refractivity contribution in [3.05, 3.63) is 35.4 Å². The number of rotatable bonds is 5. The first kappa shape index (κ1) is 12.9. The molecule has 1 heterocycles. The molecular formula is C14H21N3O. The molecule has 0 aromatic heterocycles. The molecule has 0 atom stereocenters. The van der Waals surface area contributed by atoms with Gasteiger partial charge in [0.25, 0.3) is 0 Å². The SMILES string of the molecule is CCOCc1ccc(CNC2=NCCN2C)cc1. The maximum Gasteiger partial charge on any atom is 0.194 e. The first-order valence-electron chi connectivity index (χ1n) is 6.44. The van der Waals surface area contributed by atoms with Crippen LogP contribution in [-0.2, 0) is 17.9 Å². The van der Waals surface area contributed by atoms with Crippen LogP contribution in [0.2, 0.25) is 0 Å². The highest BCUT2D eigenvalue weighted by atomic mass is 16.5. The van der Waals surface area contributed by atoms with E-state index in [9.17, 15) is 0 Å². The first-order chi connectivity index (χ1) is 8.79. The third-order valence-electron chi connectivity index (χ3n) is 3.01. The van der Waals surface area contributed by atoms with Gasteiger partial charge in [-0.25, -0.2) is 0 Å². The van der Waals surface area contributed by atoms with Gasteiger partial charge in [-0.15, -0.1) is 0 Å². The molecule has 4 nitrogen and oxygen atoms in total. The van der Waals surface area contributed by atoms with Crippen molar-refractivity contribution in [2.45, 2.75) is 20.1 Å². The smallest absolute Gasteiger partial charge is 0.194 e. The summed E-state index contributed by atoms with van der Waals surface area (Å²) in [5.74, 6) is 0.994. The van der Waals surface area contributed by atoms with E-state index in [0.29, 0.717) is 6.61 Å². The van der Waals surface area contributed by atoms with E-state index >= 15 is 0 Å². The van der Waals surface area contributed by atoms with Crippen LogP contribution in [0.15, 0.2) is 29.3 Å². The maximum absolute atomic E-state index is 5.37. The number of hydrogen-bond acceptors (Lipinski definition) is 4. The van der Waals surface area contributed by atoms with Crippen molar-refractivity contribution in [3.63, 3.8) is 0 Å². The molecule has 0 spiro atoms. The topological polar surface area (TPSA) is 36.9 Å². The predicted octanol–water partition coefficient (Wildman–Crippen LogP) is 1.61. The van der Waals surface area contributed by atoms with E-state index in [4.69, 9.17) is 4.74 Å². The Hall–Kier alpha value is -1.55. The molecular weight excluding hydrogens is 226 g/mol. The van der Waals surface area contributed by atoms with Crippen LogP contribution in [0.25, 0.3) is 0 Å². The second kappa shape index (κ2) is 6.40. The number of hydrogen-bond donors (Lipinski definition) is 1. The number of likely N-dealkylation sites (N-methyl/N-ethyl adjacent to an activating group) is 1. The molecule has 0 unspecified atom stereocenters. The fraction of sp³-hybridized carbons (Fsp3) is 0.500. The van der Waals surface area contributed by atoms with Gasteiger partial charge in [0.15, 0.2) is 5.96 Å². The summed E-state index contributed by atoms with van der Waals surface area (Å²) in [4.78, 5) is 6.54. The highest BCUT2D eigenvalue weighted by Gasteiger charge is 2.10. The molecule has 0 amide bonds. The quantitative estimate of drug-likeness (QED) is 0.859. The molecule has 1 aliphatic rings. The van der Waals surface area contributed by atoms with E-state index in [1.54, 1.807) is 0 Å². The van der Waals surface area contributed by atoms with E-state index in [2.05, 4.69) is 46.5 Å². The normalized spacial score (nSPS) is 14.8. The molecule has 0 saturated carbocycles. The minimum Gasteiger partial charge on any atom is -0.377 e. The number of ether oxygens (including phenoxy) is 1. The van der Waals surface area contributed by atoms with Crippen LogP contribution in [0.4, 0.5) is 0 Å². The van der Waals surface area contributed by atoms with Crippen LogP contribution in [0.1, 0.15) is 18.1 Å². The molecule has 1 aromatic carbocycles. The second-order valence-electron chi connectivity index (χ2n) is 4.43. The van der Waals surface area contributed by atoms with E-state index in [-0.39, 0.29) is 0 Å². The van der Waals surface area contributed by atoms with Crippen molar-refractivity contribution in [2.24, 2.45) is 4.99 Å². The van der Waals surface area contributed by atoms with Gasteiger partial charge in [-0.3, -0.25) is 4.99 Å². The lowest BCUT2D eigenvalue weighted by Crippen LogP contribution is -2.35. The van der Waals surface area contributed by atoms with Crippen molar-refractivity contribution in [1.29, 1.82) is 0 Å². The Morgan fingerprint density at radius 3 is 2.61 bits per heavy atom. The Morgan fingerprint density at radius 2 is 2.00 bits per heavy atom. The largest absolute Gasteiger partial charge is 0.377 e. The zero-order valence-electron chi connectivity index (χ0n) is 11.1. The van der Waals surface area contributed by atoms with Crippen LogP contribution in [-0.4, -0.2) is 37.6 Å². The van der Waals surface area contributed by atoms with Gasteiger partial charge in [0.1, 0.15) is 0 Å². The van der Waals surface area contributed by atoms with E-state index in [0.717, 1.165) is 32.2 Å². The van der Waals surface area contributed by atoms with Gasteiger partial charge in [-0.1, -0.05) is 24.3 Å². The number of aliphatic imine (C=N–C) groups is 1. The summed E-state index contributed by atoms with van der Waals surface area (Å²) < 4.78 is 5.37. The predicted molar refractivity (Wildman–Crippen MR) is 73.5 cm³/mol. The Kier molecular flexibility index (Phi) is 4.59. The van der Waals surface area contributed by atoms with Crippen molar-refractivity contribution in [2.75, 3.05) is 26.7 Å². The van der Waals surface area contributed by atoms with Gasteiger partial charge >= 0.3 is 0 Å². The number of nitrogens with zero attached hydrogens (tertiary/aromatic N) is 2. The summed E-state index contributed by atoms with van der Waals surface area (Å²) in [6.45, 7) is 6.19. The van der Waals surface area contributed by atoms with Crippen molar-refractivity contribution in [3.8, 4) is 0 Å². The zero-order valence-corrected chi connectivity index (χ0v) is 11.1. The van der Waals surface area contributed by atoms with Crippen LogP contribution in [0.3, 0.4) is 0 Å². The van der Waals surface area contributed by atoms with E-state index < -0.39 is 0 Å². The molecule has 0 saturated heterocycles. The van der Waals surface area contributed by atoms with E-state index in [1.807, 2.05) is 6.92 Å². The molecule has 2 rings (SSSR count). The lowest BCUT2D eigenvalue weighted by molar-refractivity contribution is 0.134. The summed E-state index contributed by atoms with van der Waals surface area (Å²) >= 11 is 0. The Bertz CT molecular complexity index is 400. The minimum absolute atomic E-state index is 0.694. The summed E-state index contributed by atoms with van der Waals surface area (Å²) in [6.07, 6.45) is 0. The molecule has 0 bridgehead atoms. The average molecular weight is 247 g/mol. The summed E-state index contributed by atoms with van der Waals surface area (Å²) in [6, 6.07) is 8.51. The lowest BCUT2D eigenvalue weighted by atomic mass is 10.1. The highest BCUT2D eigenvalue weighted by Crippen LogP contribution is 2.06. The average Bonchev–Trinajstić information content (AvgIpc) is 2.81. The third-order valence-corrected chi connectivity index (χ3v) is 3.01. The first-order valence-corrected chi connectivity index (χ1v) is 6.44. The van der Waals surface area contributed by atoms with Gasteiger partial charge in [0, 0.05) is 26.7 Å². The Balaban J connectivity index is 1.83. The molecule has 0 aliphatic carbocycles. The molecule has 0 fully saturated rings. The summed E-state index contributed by atoms with van der Waals surface area (Å²) in [5.41, 5.74) is 2.48. The molecule has 98 valence electrons. The molecule has 1 aromatic rings. The molecule has 4 heteroatoms.